The second-order valence-electron chi connectivity index (χ2n) is 12.3. The van der Waals surface area contributed by atoms with Crippen molar-refractivity contribution in [3.63, 3.8) is 0 Å². The Balaban J connectivity index is 1.12. The number of aromatic nitrogens is 2. The van der Waals surface area contributed by atoms with E-state index < -0.39 is 11.0 Å². The van der Waals surface area contributed by atoms with E-state index in [1.807, 2.05) is 18.2 Å². The number of hydrogen-bond donors (Lipinski definition) is 2. The first kappa shape index (κ1) is 31.8. The number of carbonyl (C=O) groups is 1. The summed E-state index contributed by atoms with van der Waals surface area (Å²) in [5.74, 6) is 1.19. The molecular weight excluding hydrogens is 606 g/mol. The Labute approximate surface area is 268 Å². The Bertz CT molecular complexity index is 1570. The minimum absolute atomic E-state index is 0.265. The predicted octanol–water partition coefficient (Wildman–Crippen LogP) is 4.14. The molecule has 0 aliphatic carbocycles. The van der Waals surface area contributed by atoms with Crippen LogP contribution in [-0.4, -0.2) is 93.3 Å². The number of amides is 1. The van der Waals surface area contributed by atoms with E-state index in [-0.39, 0.29) is 12.0 Å². The van der Waals surface area contributed by atoms with Gasteiger partial charge in [0, 0.05) is 37.0 Å². The smallest absolute Gasteiger partial charge is 0.251 e. The Morgan fingerprint density at radius 2 is 1.96 bits per heavy atom. The molecule has 4 unspecified atom stereocenters. The lowest BCUT2D eigenvalue weighted by atomic mass is 9.88. The number of hydrogen-bond acceptors (Lipinski definition) is 9. The molecule has 4 atom stereocenters. The largest absolute Gasteiger partial charge is 0.488 e. The van der Waals surface area contributed by atoms with Gasteiger partial charge in [-0.2, -0.15) is 5.26 Å². The van der Waals surface area contributed by atoms with Crippen LogP contribution in [0.4, 0.5) is 11.6 Å². The van der Waals surface area contributed by atoms with Gasteiger partial charge in [0.1, 0.15) is 24.0 Å². The van der Waals surface area contributed by atoms with Crippen molar-refractivity contribution in [3.8, 4) is 23.1 Å². The van der Waals surface area contributed by atoms with Crippen LogP contribution in [0.2, 0.25) is 0 Å². The lowest BCUT2D eigenvalue weighted by Crippen LogP contribution is -2.55. The molecule has 0 bridgehead atoms. The third kappa shape index (κ3) is 7.30. The van der Waals surface area contributed by atoms with E-state index in [2.05, 4.69) is 57.9 Å². The highest BCUT2D eigenvalue weighted by Gasteiger charge is 2.40. The Morgan fingerprint density at radius 3 is 2.64 bits per heavy atom. The van der Waals surface area contributed by atoms with Gasteiger partial charge in [0.25, 0.3) is 5.91 Å². The Kier molecular flexibility index (Phi) is 9.65. The zero-order valence-corrected chi connectivity index (χ0v) is 27.7. The fourth-order valence-corrected chi connectivity index (χ4v) is 7.23. The fraction of sp³-hybridized carbons (Fsp3) is 0.455. The molecule has 3 aromatic rings. The molecule has 2 aromatic carbocycles. The fourth-order valence-electron chi connectivity index (χ4n) is 6.32. The van der Waals surface area contributed by atoms with Crippen molar-refractivity contribution in [1.29, 1.82) is 5.26 Å². The molecule has 12 heteroatoms. The molecule has 4 heterocycles. The van der Waals surface area contributed by atoms with E-state index in [1.54, 1.807) is 23.2 Å². The molecule has 3 aliphatic heterocycles. The highest BCUT2D eigenvalue weighted by molar-refractivity contribution is 7.40. The van der Waals surface area contributed by atoms with E-state index in [0.29, 0.717) is 54.4 Å². The molecule has 3 aliphatic rings. The first-order valence-corrected chi connectivity index (χ1v) is 16.6. The van der Waals surface area contributed by atoms with Crippen LogP contribution >= 0.6 is 18.5 Å². The summed E-state index contributed by atoms with van der Waals surface area (Å²) >= 11 is 0. The van der Waals surface area contributed by atoms with Crippen LogP contribution in [-0.2, 0) is 9.53 Å². The molecule has 0 radical (unpaired) electrons. The summed E-state index contributed by atoms with van der Waals surface area (Å²) in [6, 6.07) is 18.7. The molecule has 6 rings (SSSR count). The van der Waals surface area contributed by atoms with Crippen LogP contribution in [0.15, 0.2) is 54.7 Å². The summed E-state index contributed by atoms with van der Waals surface area (Å²) < 4.78 is 11.7. The Hall–Kier alpha value is -3.18. The molecule has 3 fully saturated rings. The number of piperidine rings is 2. The summed E-state index contributed by atoms with van der Waals surface area (Å²) in [6.07, 6.45) is 3.25. The minimum atomic E-state index is -1.05. The number of nitrogens with zero attached hydrogens (tertiary/aromatic N) is 5. The number of anilines is 2. The monoisotopic (exact) mass is 646 g/mol. The van der Waals surface area contributed by atoms with Gasteiger partial charge in [-0.3, -0.25) is 9.69 Å². The van der Waals surface area contributed by atoms with Crippen molar-refractivity contribution in [3.05, 3.63) is 65.9 Å². The predicted molar refractivity (Wildman–Crippen MR) is 180 cm³/mol. The summed E-state index contributed by atoms with van der Waals surface area (Å²) in [6.45, 7) is 6.29. The molecular formula is C33H40N6O4P2. The molecule has 45 heavy (non-hydrogen) atoms. The SMILES string of the molecule is CC(O)C(=O)N1CCC(Oc2ccc(-c3ccnc(Nc4cccc(C5CCN(C6COC6)CC5)c4)n3)cc2C#N)C(P)(P)C1. The number of carbonyl (C=O) groups excluding carboxylic acids is 1. The third-order valence-electron chi connectivity index (χ3n) is 9.00. The number of aliphatic hydroxyl groups is 1. The maximum absolute atomic E-state index is 12.3. The number of rotatable bonds is 8. The molecule has 10 nitrogen and oxygen atoms in total. The van der Waals surface area contributed by atoms with Gasteiger partial charge in [-0.15, -0.1) is 18.5 Å². The maximum Gasteiger partial charge on any atom is 0.251 e. The van der Waals surface area contributed by atoms with Crippen LogP contribution in [0, 0.1) is 11.3 Å². The summed E-state index contributed by atoms with van der Waals surface area (Å²) in [7, 11) is 5.51. The zero-order chi connectivity index (χ0) is 31.6. The van der Waals surface area contributed by atoms with Crippen LogP contribution in [0.5, 0.6) is 5.75 Å². The summed E-state index contributed by atoms with van der Waals surface area (Å²) in [4.78, 5) is 25.2. The lowest BCUT2D eigenvalue weighted by Gasteiger charge is -2.43. The number of nitrogens with one attached hydrogen (secondary N) is 1. The second-order valence-corrected chi connectivity index (χ2v) is 15.1. The van der Waals surface area contributed by atoms with Gasteiger partial charge in [-0.25, -0.2) is 9.97 Å². The third-order valence-corrected chi connectivity index (χ3v) is 10.1. The minimum Gasteiger partial charge on any atom is -0.488 e. The van der Waals surface area contributed by atoms with Crippen molar-refractivity contribution in [2.75, 3.05) is 44.7 Å². The van der Waals surface area contributed by atoms with Crippen LogP contribution in [0.25, 0.3) is 11.3 Å². The summed E-state index contributed by atoms with van der Waals surface area (Å²) in [5.41, 5.74) is 4.14. The van der Waals surface area contributed by atoms with Gasteiger partial charge in [0.2, 0.25) is 5.95 Å². The average Bonchev–Trinajstić information content (AvgIpc) is 3.01. The van der Waals surface area contributed by atoms with Gasteiger partial charge >= 0.3 is 0 Å². The van der Waals surface area contributed by atoms with Gasteiger partial charge in [-0.1, -0.05) is 12.1 Å². The number of likely N-dealkylation sites (tertiary alicyclic amines) is 2. The molecule has 3 saturated heterocycles. The second kappa shape index (κ2) is 13.7. The van der Waals surface area contributed by atoms with Crippen molar-refractivity contribution in [2.45, 2.75) is 55.3 Å². The van der Waals surface area contributed by atoms with Crippen LogP contribution < -0.4 is 10.1 Å². The standard InChI is InChI=1S/C33H40N6O4P2/c1-21(40)31(41)39-14-10-30(33(44,45)20-39)43-29-6-5-24(15-25(29)17-34)28-7-11-35-32(37-28)36-26-4-2-3-23(16-26)22-8-12-38(13-9-22)27-18-42-19-27/h2-7,11,15-16,21-22,27,30,40H,8-10,12-14,18-20,44-45H2,1H3,(H,35,36,37). The number of nitriles is 1. The first-order chi connectivity index (χ1) is 21.7. The Morgan fingerprint density at radius 1 is 1.16 bits per heavy atom. The van der Waals surface area contributed by atoms with Crippen LogP contribution in [0.3, 0.4) is 0 Å². The maximum atomic E-state index is 12.3. The average molecular weight is 647 g/mol. The van der Waals surface area contributed by atoms with Gasteiger partial charge < -0.3 is 24.8 Å². The molecule has 2 N–H and O–H groups in total. The van der Waals surface area contributed by atoms with E-state index in [0.717, 1.165) is 50.4 Å². The van der Waals surface area contributed by atoms with Crippen molar-refractivity contribution < 1.29 is 19.4 Å². The highest BCUT2D eigenvalue weighted by atomic mass is 31.1. The molecule has 236 valence electrons. The highest BCUT2D eigenvalue weighted by Crippen LogP contribution is 2.40. The number of aliphatic hydroxyl groups excluding tert-OH is 1. The molecule has 0 spiro atoms. The van der Waals surface area contributed by atoms with E-state index in [9.17, 15) is 15.2 Å². The van der Waals surface area contributed by atoms with Gasteiger partial charge in [-0.05, 0) is 80.7 Å². The molecule has 0 saturated carbocycles. The van der Waals surface area contributed by atoms with E-state index >= 15 is 0 Å². The van der Waals surface area contributed by atoms with Gasteiger partial charge in [0.15, 0.2) is 0 Å². The summed E-state index contributed by atoms with van der Waals surface area (Å²) in [5, 5.41) is 23.1. The van der Waals surface area contributed by atoms with E-state index in [1.165, 1.54) is 12.5 Å². The number of benzene rings is 2. The van der Waals surface area contributed by atoms with Crippen molar-refractivity contribution in [2.24, 2.45) is 0 Å². The van der Waals surface area contributed by atoms with Crippen LogP contribution in [0.1, 0.15) is 43.2 Å². The molecule has 1 amide bonds. The van der Waals surface area contributed by atoms with Crippen molar-refractivity contribution >= 4 is 36.0 Å². The zero-order valence-electron chi connectivity index (χ0n) is 25.4. The first-order valence-electron chi connectivity index (χ1n) is 15.5. The lowest BCUT2D eigenvalue weighted by molar-refractivity contribution is -0.141. The quantitative estimate of drug-likeness (QED) is 0.348. The topological polar surface area (TPSA) is 124 Å². The molecule has 1 aromatic heterocycles. The van der Waals surface area contributed by atoms with E-state index in [4.69, 9.17) is 14.5 Å². The van der Waals surface area contributed by atoms with Crippen molar-refractivity contribution in [1.82, 2.24) is 19.8 Å². The normalized spacial score (nSPS) is 21.4. The number of ether oxygens (including phenoxy) is 2. The van der Waals surface area contributed by atoms with Gasteiger partial charge in [0.05, 0.1) is 35.4 Å².